The molecule has 0 spiro atoms. The van der Waals surface area contributed by atoms with Gasteiger partial charge in [0.15, 0.2) is 0 Å². The number of rotatable bonds is 4. The van der Waals surface area contributed by atoms with Crippen LogP contribution in [0.15, 0.2) is 0 Å². The van der Waals surface area contributed by atoms with E-state index in [2.05, 4.69) is 20.5 Å². The number of carbonyl (C=O) groups excluding carboxylic acids is 1. The second-order valence-electron chi connectivity index (χ2n) is 4.95. The second kappa shape index (κ2) is 5.13. The molecule has 0 bridgehead atoms. The summed E-state index contributed by atoms with van der Waals surface area (Å²) >= 11 is 0. The van der Waals surface area contributed by atoms with Crippen molar-refractivity contribution in [3.8, 4) is 0 Å². The van der Waals surface area contributed by atoms with E-state index >= 15 is 0 Å². The molecule has 1 amide bonds. The molecule has 0 aliphatic heterocycles. The van der Waals surface area contributed by atoms with E-state index in [4.69, 9.17) is 10.8 Å². The van der Waals surface area contributed by atoms with E-state index < -0.39 is 0 Å². The number of nitrogens with two attached hydrogens (primary N) is 1. The third-order valence-corrected chi connectivity index (χ3v) is 2.49. The summed E-state index contributed by atoms with van der Waals surface area (Å²) in [6.07, 6.45) is 0.485. The van der Waals surface area contributed by atoms with Crippen LogP contribution in [-0.2, 0) is 0 Å². The Kier molecular flexibility index (Phi) is 4.06. The third-order valence-electron chi connectivity index (χ3n) is 2.49. The minimum Gasteiger partial charge on any atom is -0.396 e. The molecular weight excluding hydrogens is 222 g/mol. The molecule has 0 radical (unpaired) electrons. The predicted molar refractivity (Wildman–Crippen MR) is 63.2 cm³/mol. The molecule has 0 aliphatic carbocycles. The number of anilines is 1. The van der Waals surface area contributed by atoms with Crippen LogP contribution in [0.2, 0.25) is 0 Å². The van der Waals surface area contributed by atoms with E-state index in [1.807, 2.05) is 20.8 Å². The lowest BCUT2D eigenvalue weighted by Crippen LogP contribution is -2.44. The summed E-state index contributed by atoms with van der Waals surface area (Å²) in [5.41, 5.74) is 5.17. The number of aliphatic hydroxyl groups is 1. The van der Waals surface area contributed by atoms with Crippen molar-refractivity contribution in [3.05, 3.63) is 5.82 Å². The van der Waals surface area contributed by atoms with Gasteiger partial charge in [0.2, 0.25) is 11.8 Å². The lowest BCUT2D eigenvalue weighted by Gasteiger charge is -2.30. The molecule has 0 fully saturated rings. The molecule has 1 atom stereocenters. The topological polar surface area (TPSA) is 117 Å². The van der Waals surface area contributed by atoms with Crippen molar-refractivity contribution in [2.45, 2.75) is 33.2 Å². The zero-order valence-electron chi connectivity index (χ0n) is 10.3. The molecule has 0 aliphatic rings. The Balaban J connectivity index is 2.71. The number of nitrogens with one attached hydrogen (secondary N) is 2. The van der Waals surface area contributed by atoms with Gasteiger partial charge in [0, 0.05) is 12.6 Å². The largest absolute Gasteiger partial charge is 0.396 e. The van der Waals surface area contributed by atoms with Crippen molar-refractivity contribution in [2.24, 2.45) is 5.41 Å². The zero-order chi connectivity index (χ0) is 13.1. The van der Waals surface area contributed by atoms with Crippen molar-refractivity contribution in [1.82, 2.24) is 20.5 Å². The lowest BCUT2D eigenvalue weighted by molar-refractivity contribution is 0.0875. The van der Waals surface area contributed by atoms with E-state index in [-0.39, 0.29) is 35.7 Å². The molecule has 0 saturated carbocycles. The van der Waals surface area contributed by atoms with Gasteiger partial charge in [-0.05, 0) is 11.8 Å². The van der Waals surface area contributed by atoms with Gasteiger partial charge in [-0.1, -0.05) is 20.8 Å². The van der Waals surface area contributed by atoms with Crippen LogP contribution in [0.5, 0.6) is 0 Å². The van der Waals surface area contributed by atoms with Crippen molar-refractivity contribution in [3.63, 3.8) is 0 Å². The summed E-state index contributed by atoms with van der Waals surface area (Å²) in [6, 6.07) is -0.147. The first-order valence-electron chi connectivity index (χ1n) is 5.44. The van der Waals surface area contributed by atoms with E-state index in [0.29, 0.717) is 6.42 Å². The van der Waals surface area contributed by atoms with Gasteiger partial charge in [-0.25, -0.2) is 0 Å². The fourth-order valence-corrected chi connectivity index (χ4v) is 1.45. The van der Waals surface area contributed by atoms with Gasteiger partial charge >= 0.3 is 0 Å². The van der Waals surface area contributed by atoms with E-state index in [1.165, 1.54) is 0 Å². The highest BCUT2D eigenvalue weighted by Crippen LogP contribution is 2.21. The van der Waals surface area contributed by atoms with E-state index in [9.17, 15) is 4.79 Å². The van der Waals surface area contributed by atoms with Crippen LogP contribution >= 0.6 is 0 Å². The molecule has 7 nitrogen and oxygen atoms in total. The molecule has 1 unspecified atom stereocenters. The minimum absolute atomic E-state index is 0.0146. The van der Waals surface area contributed by atoms with Crippen molar-refractivity contribution in [1.29, 1.82) is 0 Å². The molecule has 0 aromatic carbocycles. The highest BCUT2D eigenvalue weighted by Gasteiger charge is 2.26. The Morgan fingerprint density at radius 1 is 1.59 bits per heavy atom. The number of amides is 1. The molecule has 1 rings (SSSR count). The molecule has 1 aromatic heterocycles. The fraction of sp³-hybridized carbons (Fsp3) is 0.700. The number of hydrogen-bond donors (Lipinski definition) is 4. The van der Waals surface area contributed by atoms with Crippen LogP contribution in [0, 0.1) is 5.41 Å². The van der Waals surface area contributed by atoms with E-state index in [1.54, 1.807) is 0 Å². The molecular formula is C10H19N5O2. The maximum absolute atomic E-state index is 11.8. The number of aliphatic hydroxyl groups excluding tert-OH is 1. The molecule has 1 heterocycles. The smallest absolute Gasteiger partial charge is 0.288 e. The highest BCUT2D eigenvalue weighted by atomic mass is 16.3. The maximum atomic E-state index is 11.8. The van der Waals surface area contributed by atoms with Gasteiger partial charge in [-0.15, -0.1) is 5.10 Å². The molecule has 96 valence electrons. The van der Waals surface area contributed by atoms with Crippen LogP contribution in [-0.4, -0.2) is 38.8 Å². The number of carbonyl (C=O) groups is 1. The first-order valence-corrected chi connectivity index (χ1v) is 5.44. The summed E-state index contributed by atoms with van der Waals surface area (Å²) in [5, 5.41) is 17.8. The first kappa shape index (κ1) is 13.4. The summed E-state index contributed by atoms with van der Waals surface area (Å²) in [4.78, 5) is 15.6. The number of hydrogen-bond acceptors (Lipinski definition) is 5. The number of H-pyrrole nitrogens is 1. The van der Waals surface area contributed by atoms with Crippen LogP contribution in [0.3, 0.4) is 0 Å². The number of nitrogen functional groups attached to an aromatic ring is 1. The SMILES string of the molecule is CC(C)(C)C(CCO)NC(=O)c1nc(N)n[nH]1. The molecule has 0 saturated heterocycles. The average molecular weight is 241 g/mol. The van der Waals surface area contributed by atoms with Crippen molar-refractivity contribution >= 4 is 11.9 Å². The van der Waals surface area contributed by atoms with Crippen LogP contribution in [0.4, 0.5) is 5.95 Å². The Labute approximate surface area is 99.8 Å². The first-order chi connectivity index (χ1) is 7.84. The van der Waals surface area contributed by atoms with Crippen molar-refractivity contribution < 1.29 is 9.90 Å². The Morgan fingerprint density at radius 3 is 2.65 bits per heavy atom. The molecule has 7 heteroatoms. The summed E-state index contributed by atoms with van der Waals surface area (Å²) in [5.74, 6) is -0.262. The van der Waals surface area contributed by atoms with Crippen LogP contribution < -0.4 is 11.1 Å². The second-order valence-corrected chi connectivity index (χ2v) is 4.95. The van der Waals surface area contributed by atoms with Gasteiger partial charge in [0.25, 0.3) is 5.91 Å². The van der Waals surface area contributed by atoms with Gasteiger partial charge in [0.05, 0.1) is 0 Å². The quantitative estimate of drug-likeness (QED) is 0.588. The summed E-state index contributed by atoms with van der Waals surface area (Å²) in [6.45, 7) is 5.98. The van der Waals surface area contributed by atoms with Crippen molar-refractivity contribution in [2.75, 3.05) is 12.3 Å². The van der Waals surface area contributed by atoms with Gasteiger partial charge in [-0.3, -0.25) is 9.89 Å². The number of aromatic amines is 1. The van der Waals surface area contributed by atoms with Gasteiger partial charge in [-0.2, -0.15) is 4.98 Å². The number of aromatic nitrogens is 3. The Morgan fingerprint density at radius 2 is 2.24 bits per heavy atom. The van der Waals surface area contributed by atoms with Gasteiger partial charge in [0.1, 0.15) is 0 Å². The molecule has 17 heavy (non-hydrogen) atoms. The predicted octanol–water partition coefficient (Wildman–Crippen LogP) is -0.0862. The molecule has 5 N–H and O–H groups in total. The monoisotopic (exact) mass is 241 g/mol. The number of nitrogens with zero attached hydrogens (tertiary/aromatic N) is 2. The third kappa shape index (κ3) is 3.70. The lowest BCUT2D eigenvalue weighted by atomic mass is 9.85. The Bertz CT molecular complexity index is 382. The Hall–Kier alpha value is -1.63. The standard InChI is InChI=1S/C10H19N5O2/c1-10(2,3)6(4-5-16)12-8(17)7-13-9(11)15-14-7/h6,16H,4-5H2,1-3H3,(H,12,17)(H3,11,13,14,15). The van der Waals surface area contributed by atoms with Gasteiger partial charge < -0.3 is 16.2 Å². The molecule has 1 aromatic rings. The van der Waals surface area contributed by atoms with E-state index in [0.717, 1.165) is 0 Å². The van der Waals surface area contributed by atoms with Crippen LogP contribution in [0.25, 0.3) is 0 Å². The fourth-order valence-electron chi connectivity index (χ4n) is 1.45. The zero-order valence-corrected chi connectivity index (χ0v) is 10.3. The normalized spacial score (nSPS) is 13.4. The average Bonchev–Trinajstić information content (AvgIpc) is 2.62. The minimum atomic E-state index is -0.373. The van der Waals surface area contributed by atoms with Crippen LogP contribution in [0.1, 0.15) is 37.8 Å². The highest BCUT2D eigenvalue weighted by molar-refractivity contribution is 5.90. The summed E-state index contributed by atoms with van der Waals surface area (Å²) < 4.78 is 0. The summed E-state index contributed by atoms with van der Waals surface area (Å²) in [7, 11) is 0. The maximum Gasteiger partial charge on any atom is 0.288 e.